The van der Waals surface area contributed by atoms with Gasteiger partial charge in [-0.2, -0.15) is 5.10 Å². The molecule has 0 saturated heterocycles. The summed E-state index contributed by atoms with van der Waals surface area (Å²) in [5.74, 6) is 0. The summed E-state index contributed by atoms with van der Waals surface area (Å²) >= 11 is 3.53. The van der Waals surface area contributed by atoms with Crippen LogP contribution in [0.2, 0.25) is 0 Å². The summed E-state index contributed by atoms with van der Waals surface area (Å²) in [6.07, 6.45) is 3.97. The lowest BCUT2D eigenvalue weighted by molar-refractivity contribution is 0.788. The van der Waals surface area contributed by atoms with Gasteiger partial charge in [0, 0.05) is 22.8 Å². The van der Waals surface area contributed by atoms with Crippen LogP contribution < -0.4 is 5.32 Å². The minimum absolute atomic E-state index is 0.809. The maximum atomic E-state index is 4.51. The van der Waals surface area contributed by atoms with E-state index in [2.05, 4.69) is 62.9 Å². The summed E-state index contributed by atoms with van der Waals surface area (Å²) in [6.45, 7) is 0.809. The zero-order chi connectivity index (χ0) is 14.7. The molecule has 1 heterocycles. The van der Waals surface area contributed by atoms with Crippen LogP contribution in [0.1, 0.15) is 5.56 Å². The topological polar surface area (TPSA) is 29.9 Å². The first kappa shape index (κ1) is 14.0. The molecule has 4 heteroatoms. The third kappa shape index (κ3) is 3.06. The van der Waals surface area contributed by atoms with Gasteiger partial charge in [-0.25, -0.2) is 4.68 Å². The highest BCUT2D eigenvalue weighted by Crippen LogP contribution is 2.23. The highest BCUT2D eigenvalue weighted by atomic mass is 79.9. The Balaban J connectivity index is 2.02. The van der Waals surface area contributed by atoms with E-state index in [-0.39, 0.29) is 0 Å². The van der Waals surface area contributed by atoms with E-state index in [0.717, 1.165) is 22.3 Å². The van der Waals surface area contributed by atoms with E-state index in [1.165, 1.54) is 11.1 Å². The third-order valence-corrected chi connectivity index (χ3v) is 3.84. The Labute approximate surface area is 132 Å². The second-order valence-electron chi connectivity index (χ2n) is 4.84. The molecule has 0 bridgehead atoms. The van der Waals surface area contributed by atoms with Crippen LogP contribution in [0.4, 0.5) is 0 Å². The first-order valence-electron chi connectivity index (χ1n) is 6.81. The van der Waals surface area contributed by atoms with Crippen LogP contribution in [0.25, 0.3) is 16.8 Å². The molecule has 21 heavy (non-hydrogen) atoms. The van der Waals surface area contributed by atoms with Gasteiger partial charge in [0.1, 0.15) is 0 Å². The molecule has 0 aliphatic heterocycles. The number of hydrogen-bond donors (Lipinski definition) is 1. The van der Waals surface area contributed by atoms with Gasteiger partial charge in [-0.1, -0.05) is 52.3 Å². The monoisotopic (exact) mass is 341 g/mol. The molecule has 3 nitrogen and oxygen atoms in total. The lowest BCUT2D eigenvalue weighted by Crippen LogP contribution is -2.09. The molecular formula is C17H16BrN3. The molecule has 1 aromatic heterocycles. The summed E-state index contributed by atoms with van der Waals surface area (Å²) in [4.78, 5) is 0. The smallest absolute Gasteiger partial charge is 0.0701 e. The van der Waals surface area contributed by atoms with Crippen molar-refractivity contribution in [2.45, 2.75) is 6.54 Å². The molecule has 0 unspecified atom stereocenters. The second kappa shape index (κ2) is 6.24. The molecule has 0 fully saturated rings. The fourth-order valence-electron chi connectivity index (χ4n) is 2.32. The van der Waals surface area contributed by atoms with Gasteiger partial charge in [-0.05, 0) is 30.3 Å². The predicted molar refractivity (Wildman–Crippen MR) is 89.5 cm³/mol. The maximum absolute atomic E-state index is 4.51. The van der Waals surface area contributed by atoms with Crippen molar-refractivity contribution in [2.24, 2.45) is 0 Å². The van der Waals surface area contributed by atoms with Crippen molar-refractivity contribution in [3.05, 3.63) is 71.0 Å². The van der Waals surface area contributed by atoms with E-state index in [9.17, 15) is 0 Å². The summed E-state index contributed by atoms with van der Waals surface area (Å²) in [6, 6.07) is 16.5. The molecule has 0 aliphatic carbocycles. The summed E-state index contributed by atoms with van der Waals surface area (Å²) in [5, 5.41) is 7.71. The van der Waals surface area contributed by atoms with Gasteiger partial charge < -0.3 is 5.32 Å². The largest absolute Gasteiger partial charge is 0.316 e. The fourth-order valence-corrected chi connectivity index (χ4v) is 2.67. The number of rotatable bonds is 4. The molecule has 0 aliphatic rings. The van der Waals surface area contributed by atoms with Crippen LogP contribution in [0.15, 0.2) is 65.4 Å². The SMILES string of the molecule is CNCc1ccc(Br)cc1-n1cc(-c2ccccc2)cn1. The Bertz CT molecular complexity index is 735. The predicted octanol–water partition coefficient (Wildman–Crippen LogP) is 4.02. The lowest BCUT2D eigenvalue weighted by atomic mass is 10.1. The third-order valence-electron chi connectivity index (χ3n) is 3.35. The van der Waals surface area contributed by atoms with Gasteiger partial charge in [0.15, 0.2) is 0 Å². The van der Waals surface area contributed by atoms with Crippen LogP contribution in [0.3, 0.4) is 0 Å². The minimum Gasteiger partial charge on any atom is -0.316 e. The van der Waals surface area contributed by atoms with E-state index in [4.69, 9.17) is 0 Å². The number of benzene rings is 2. The Kier molecular flexibility index (Phi) is 4.18. The highest BCUT2D eigenvalue weighted by Gasteiger charge is 2.08. The van der Waals surface area contributed by atoms with Crippen LogP contribution in [-0.4, -0.2) is 16.8 Å². The molecule has 3 rings (SSSR count). The molecule has 2 aromatic carbocycles. The van der Waals surface area contributed by atoms with Crippen LogP contribution in [-0.2, 0) is 6.54 Å². The van der Waals surface area contributed by atoms with E-state index in [0.29, 0.717) is 0 Å². The second-order valence-corrected chi connectivity index (χ2v) is 5.76. The van der Waals surface area contributed by atoms with E-state index in [1.807, 2.05) is 36.1 Å². The zero-order valence-electron chi connectivity index (χ0n) is 11.8. The standard InChI is InChI=1S/C17H16BrN3/c1-19-10-14-7-8-16(18)9-17(14)21-12-15(11-20-21)13-5-3-2-4-6-13/h2-9,11-12,19H,10H2,1H3. The number of aromatic nitrogens is 2. The van der Waals surface area contributed by atoms with Crippen molar-refractivity contribution in [3.63, 3.8) is 0 Å². The van der Waals surface area contributed by atoms with Gasteiger partial charge in [0.2, 0.25) is 0 Å². The number of nitrogens with one attached hydrogen (secondary N) is 1. The van der Waals surface area contributed by atoms with Gasteiger partial charge in [0.25, 0.3) is 0 Å². The highest BCUT2D eigenvalue weighted by molar-refractivity contribution is 9.10. The van der Waals surface area contributed by atoms with E-state index < -0.39 is 0 Å². The molecule has 0 atom stereocenters. The number of hydrogen-bond acceptors (Lipinski definition) is 2. The quantitative estimate of drug-likeness (QED) is 0.776. The summed E-state index contributed by atoms with van der Waals surface area (Å²) in [5.41, 5.74) is 4.59. The van der Waals surface area contributed by atoms with Crippen molar-refractivity contribution < 1.29 is 0 Å². The van der Waals surface area contributed by atoms with E-state index >= 15 is 0 Å². The zero-order valence-corrected chi connectivity index (χ0v) is 13.3. The average molecular weight is 342 g/mol. The molecule has 3 aromatic rings. The van der Waals surface area contributed by atoms with Crippen LogP contribution in [0, 0.1) is 0 Å². The minimum atomic E-state index is 0.809. The van der Waals surface area contributed by atoms with Crippen LogP contribution >= 0.6 is 15.9 Å². The first-order valence-corrected chi connectivity index (χ1v) is 7.61. The average Bonchev–Trinajstić information content (AvgIpc) is 3.00. The van der Waals surface area contributed by atoms with Crippen molar-refractivity contribution in [1.29, 1.82) is 0 Å². The van der Waals surface area contributed by atoms with Gasteiger partial charge in [-0.15, -0.1) is 0 Å². The molecule has 1 N–H and O–H groups in total. The first-order chi connectivity index (χ1) is 10.3. The summed E-state index contributed by atoms with van der Waals surface area (Å²) < 4.78 is 2.98. The molecular weight excluding hydrogens is 326 g/mol. The van der Waals surface area contributed by atoms with Gasteiger partial charge >= 0.3 is 0 Å². The number of nitrogens with zero attached hydrogens (tertiary/aromatic N) is 2. The summed E-state index contributed by atoms with van der Waals surface area (Å²) in [7, 11) is 1.95. The van der Waals surface area contributed by atoms with Crippen molar-refractivity contribution in [3.8, 4) is 16.8 Å². The molecule has 106 valence electrons. The van der Waals surface area contributed by atoms with Crippen molar-refractivity contribution in [2.75, 3.05) is 7.05 Å². The Hall–Kier alpha value is -1.91. The lowest BCUT2D eigenvalue weighted by Gasteiger charge is -2.09. The Morgan fingerprint density at radius 2 is 1.90 bits per heavy atom. The normalized spacial score (nSPS) is 10.8. The van der Waals surface area contributed by atoms with Crippen molar-refractivity contribution >= 4 is 15.9 Å². The van der Waals surface area contributed by atoms with E-state index in [1.54, 1.807) is 0 Å². The Morgan fingerprint density at radius 3 is 2.67 bits per heavy atom. The van der Waals surface area contributed by atoms with Gasteiger partial charge in [-0.3, -0.25) is 0 Å². The molecule has 0 saturated carbocycles. The molecule has 0 spiro atoms. The Morgan fingerprint density at radius 1 is 1.10 bits per heavy atom. The number of halogens is 1. The molecule has 0 radical (unpaired) electrons. The maximum Gasteiger partial charge on any atom is 0.0701 e. The van der Waals surface area contributed by atoms with Gasteiger partial charge in [0.05, 0.1) is 11.9 Å². The molecule has 0 amide bonds. The van der Waals surface area contributed by atoms with Crippen LogP contribution in [0.5, 0.6) is 0 Å². The fraction of sp³-hybridized carbons (Fsp3) is 0.118. The van der Waals surface area contributed by atoms with Crippen molar-refractivity contribution in [1.82, 2.24) is 15.1 Å².